The molecule has 0 spiro atoms. The standard InChI is InChI=1S/C22H21ClN2O/c1-2-3-12-25-20-11-7-5-8-16(20)18-13-15(14-26)24-21(22(18)25)17-9-4-6-10-19(17)23/h4-11,13,26H,2-3,12,14H2,1H3. The van der Waals surface area contributed by atoms with E-state index >= 15 is 0 Å². The first-order valence-corrected chi connectivity index (χ1v) is 9.39. The van der Waals surface area contributed by atoms with Crippen LogP contribution in [0.2, 0.25) is 5.02 Å². The molecule has 2 aromatic heterocycles. The summed E-state index contributed by atoms with van der Waals surface area (Å²) in [5.74, 6) is 0. The van der Waals surface area contributed by atoms with E-state index in [-0.39, 0.29) is 6.61 Å². The minimum atomic E-state index is -0.0954. The van der Waals surface area contributed by atoms with Crippen molar-refractivity contribution in [3.05, 3.63) is 65.3 Å². The number of fused-ring (bicyclic) bond motifs is 3. The van der Waals surface area contributed by atoms with E-state index in [1.54, 1.807) is 0 Å². The van der Waals surface area contributed by atoms with Gasteiger partial charge in [0.1, 0.15) is 0 Å². The maximum atomic E-state index is 9.76. The van der Waals surface area contributed by atoms with Crippen LogP contribution >= 0.6 is 11.6 Å². The van der Waals surface area contributed by atoms with Crippen molar-refractivity contribution in [2.45, 2.75) is 32.9 Å². The van der Waals surface area contributed by atoms with Gasteiger partial charge in [0.25, 0.3) is 0 Å². The van der Waals surface area contributed by atoms with Gasteiger partial charge in [-0.1, -0.05) is 61.3 Å². The van der Waals surface area contributed by atoms with Crippen LogP contribution in [0.15, 0.2) is 54.6 Å². The first-order valence-electron chi connectivity index (χ1n) is 9.01. The monoisotopic (exact) mass is 364 g/mol. The Morgan fingerprint density at radius 2 is 1.81 bits per heavy atom. The van der Waals surface area contributed by atoms with Crippen LogP contribution in [-0.2, 0) is 13.2 Å². The molecule has 2 aromatic carbocycles. The maximum absolute atomic E-state index is 9.76. The fourth-order valence-corrected chi connectivity index (χ4v) is 3.82. The van der Waals surface area contributed by atoms with Gasteiger partial charge in [0, 0.05) is 28.4 Å². The second kappa shape index (κ2) is 7.10. The quantitative estimate of drug-likeness (QED) is 0.485. The Bertz CT molecular complexity index is 1080. The predicted octanol–water partition coefficient (Wildman–Crippen LogP) is 5.80. The summed E-state index contributed by atoms with van der Waals surface area (Å²) in [6.45, 7) is 3.03. The predicted molar refractivity (Wildman–Crippen MR) is 109 cm³/mol. The van der Waals surface area contributed by atoms with Crippen LogP contribution in [0.3, 0.4) is 0 Å². The minimum absolute atomic E-state index is 0.0954. The third-order valence-corrected chi connectivity index (χ3v) is 5.16. The van der Waals surface area contributed by atoms with Gasteiger partial charge < -0.3 is 9.67 Å². The molecule has 26 heavy (non-hydrogen) atoms. The van der Waals surface area contributed by atoms with E-state index in [0.717, 1.165) is 41.5 Å². The summed E-state index contributed by atoms with van der Waals surface area (Å²) in [6.07, 6.45) is 2.22. The van der Waals surface area contributed by atoms with Gasteiger partial charge in [-0.25, -0.2) is 4.98 Å². The fourth-order valence-electron chi connectivity index (χ4n) is 3.60. The van der Waals surface area contributed by atoms with Crippen LogP contribution in [-0.4, -0.2) is 14.7 Å². The molecule has 0 fully saturated rings. The number of para-hydroxylation sites is 1. The van der Waals surface area contributed by atoms with E-state index in [0.29, 0.717) is 10.7 Å². The van der Waals surface area contributed by atoms with E-state index in [2.05, 4.69) is 35.8 Å². The molecule has 0 radical (unpaired) electrons. The Labute approximate surface area is 157 Å². The van der Waals surface area contributed by atoms with Crippen molar-refractivity contribution in [3.63, 3.8) is 0 Å². The first kappa shape index (κ1) is 17.1. The van der Waals surface area contributed by atoms with Crippen LogP contribution in [0.25, 0.3) is 33.1 Å². The number of nitrogens with zero attached hydrogens (tertiary/aromatic N) is 2. The highest BCUT2D eigenvalue weighted by Crippen LogP contribution is 2.38. The lowest BCUT2D eigenvalue weighted by molar-refractivity contribution is 0.277. The second-order valence-corrected chi connectivity index (χ2v) is 6.93. The zero-order valence-corrected chi connectivity index (χ0v) is 15.5. The molecule has 2 heterocycles. The molecule has 0 bridgehead atoms. The Hall–Kier alpha value is -2.36. The summed E-state index contributed by atoms with van der Waals surface area (Å²) >= 11 is 6.50. The van der Waals surface area contributed by atoms with Crippen molar-refractivity contribution in [1.82, 2.24) is 9.55 Å². The number of pyridine rings is 1. The number of hydrogen-bond acceptors (Lipinski definition) is 2. The van der Waals surface area contributed by atoms with Crippen molar-refractivity contribution in [3.8, 4) is 11.3 Å². The van der Waals surface area contributed by atoms with E-state index in [1.165, 1.54) is 10.9 Å². The molecule has 0 amide bonds. The number of hydrogen-bond donors (Lipinski definition) is 1. The van der Waals surface area contributed by atoms with Crippen LogP contribution in [0.4, 0.5) is 0 Å². The Balaban J connectivity index is 2.15. The Kier molecular flexibility index (Phi) is 4.66. The number of aliphatic hydroxyl groups excluding tert-OH is 1. The highest BCUT2D eigenvalue weighted by molar-refractivity contribution is 6.33. The van der Waals surface area contributed by atoms with Crippen molar-refractivity contribution < 1.29 is 5.11 Å². The number of benzene rings is 2. The lowest BCUT2D eigenvalue weighted by Crippen LogP contribution is -2.01. The van der Waals surface area contributed by atoms with Crippen molar-refractivity contribution in [1.29, 1.82) is 0 Å². The molecule has 4 heteroatoms. The number of halogens is 1. The average Bonchev–Trinajstić information content (AvgIpc) is 3.00. The van der Waals surface area contributed by atoms with Gasteiger partial charge >= 0.3 is 0 Å². The summed E-state index contributed by atoms with van der Waals surface area (Å²) in [5, 5.41) is 12.7. The summed E-state index contributed by atoms with van der Waals surface area (Å²) in [7, 11) is 0. The molecule has 0 unspecified atom stereocenters. The molecule has 0 atom stereocenters. The third kappa shape index (κ3) is 2.77. The van der Waals surface area contributed by atoms with E-state index in [9.17, 15) is 5.11 Å². The molecule has 0 saturated heterocycles. The largest absolute Gasteiger partial charge is 0.390 e. The maximum Gasteiger partial charge on any atom is 0.0964 e. The van der Waals surface area contributed by atoms with Crippen molar-refractivity contribution in [2.24, 2.45) is 0 Å². The Morgan fingerprint density at radius 1 is 1.04 bits per heavy atom. The number of unbranched alkanes of at least 4 members (excludes halogenated alkanes) is 1. The van der Waals surface area contributed by atoms with Gasteiger partial charge in [-0.3, -0.25) is 0 Å². The van der Waals surface area contributed by atoms with Crippen molar-refractivity contribution >= 4 is 33.4 Å². The summed E-state index contributed by atoms with van der Waals surface area (Å²) in [5.41, 5.74) is 4.68. The van der Waals surface area contributed by atoms with Crippen LogP contribution in [0, 0.1) is 0 Å². The smallest absolute Gasteiger partial charge is 0.0964 e. The summed E-state index contributed by atoms with van der Waals surface area (Å²) in [4.78, 5) is 4.76. The molecule has 1 N–H and O–H groups in total. The molecular weight excluding hydrogens is 344 g/mol. The third-order valence-electron chi connectivity index (χ3n) is 4.83. The number of aryl methyl sites for hydroxylation is 1. The zero-order chi connectivity index (χ0) is 18.1. The highest BCUT2D eigenvalue weighted by atomic mass is 35.5. The van der Waals surface area contributed by atoms with Gasteiger partial charge in [0.15, 0.2) is 0 Å². The zero-order valence-electron chi connectivity index (χ0n) is 14.7. The number of aromatic nitrogens is 2. The summed E-state index contributed by atoms with van der Waals surface area (Å²) in [6, 6.07) is 18.2. The second-order valence-electron chi connectivity index (χ2n) is 6.52. The van der Waals surface area contributed by atoms with Gasteiger partial charge in [-0.05, 0) is 24.6 Å². The molecule has 0 saturated carbocycles. The lowest BCUT2D eigenvalue weighted by Gasteiger charge is -2.12. The number of aliphatic hydroxyl groups is 1. The molecule has 132 valence electrons. The molecule has 0 aliphatic rings. The van der Waals surface area contributed by atoms with E-state index < -0.39 is 0 Å². The van der Waals surface area contributed by atoms with Crippen molar-refractivity contribution in [2.75, 3.05) is 0 Å². The van der Waals surface area contributed by atoms with Crippen LogP contribution in [0.1, 0.15) is 25.5 Å². The van der Waals surface area contributed by atoms with Gasteiger partial charge in [-0.2, -0.15) is 0 Å². The fraction of sp³-hybridized carbons (Fsp3) is 0.227. The minimum Gasteiger partial charge on any atom is -0.390 e. The van der Waals surface area contributed by atoms with Crippen LogP contribution in [0.5, 0.6) is 0 Å². The highest BCUT2D eigenvalue weighted by Gasteiger charge is 2.18. The van der Waals surface area contributed by atoms with Crippen LogP contribution < -0.4 is 0 Å². The molecule has 0 aliphatic carbocycles. The molecular formula is C22H21ClN2O. The SMILES string of the molecule is CCCCn1c2ccccc2c2cc(CO)nc(-c3ccccc3Cl)c21. The molecule has 4 rings (SSSR count). The van der Waals surface area contributed by atoms with Gasteiger partial charge in [0.2, 0.25) is 0 Å². The summed E-state index contributed by atoms with van der Waals surface area (Å²) < 4.78 is 2.35. The first-order chi connectivity index (χ1) is 12.7. The normalized spacial score (nSPS) is 11.5. The lowest BCUT2D eigenvalue weighted by atomic mass is 10.1. The Morgan fingerprint density at radius 3 is 2.58 bits per heavy atom. The van der Waals surface area contributed by atoms with Gasteiger partial charge in [-0.15, -0.1) is 0 Å². The average molecular weight is 365 g/mol. The van der Waals surface area contributed by atoms with E-state index in [1.807, 2.05) is 30.3 Å². The topological polar surface area (TPSA) is 38.0 Å². The van der Waals surface area contributed by atoms with Gasteiger partial charge in [0.05, 0.1) is 28.5 Å². The molecule has 3 nitrogen and oxygen atoms in total. The van der Waals surface area contributed by atoms with E-state index in [4.69, 9.17) is 16.6 Å². The molecule has 4 aromatic rings. The molecule has 0 aliphatic heterocycles. The number of rotatable bonds is 5.